The van der Waals surface area contributed by atoms with Gasteiger partial charge < -0.3 is 30.0 Å². The Morgan fingerprint density at radius 3 is 2.89 bits per heavy atom. The van der Waals surface area contributed by atoms with Crippen LogP contribution < -0.4 is 20.1 Å². The van der Waals surface area contributed by atoms with Gasteiger partial charge in [-0.25, -0.2) is 13.2 Å². The van der Waals surface area contributed by atoms with Crippen LogP contribution in [0.15, 0.2) is 12.1 Å². The van der Waals surface area contributed by atoms with Crippen LogP contribution in [0.5, 0.6) is 11.8 Å². The van der Waals surface area contributed by atoms with Crippen LogP contribution in [-0.4, -0.2) is 89.9 Å². The first-order chi connectivity index (χ1) is 22.2. The number of alkyl halides is 1. The van der Waals surface area contributed by atoms with E-state index < -0.39 is 35.5 Å². The second-order valence-electron chi connectivity index (χ2n) is 12.3. The molecular formula is C31H28ClF3N6O4S. The number of anilines is 2. The number of benzene rings is 2. The lowest BCUT2D eigenvalue weighted by Crippen LogP contribution is -2.44. The first-order valence-electron chi connectivity index (χ1n) is 15.0. The second-order valence-corrected chi connectivity index (χ2v) is 13.7. The normalized spacial score (nSPS) is 26.0. The van der Waals surface area contributed by atoms with Crippen molar-refractivity contribution >= 4 is 54.7 Å². The van der Waals surface area contributed by atoms with Crippen LogP contribution in [0.25, 0.3) is 32.1 Å². The Balaban J connectivity index is 1.35. The number of halogens is 4. The van der Waals surface area contributed by atoms with Gasteiger partial charge in [0.1, 0.15) is 47.6 Å². The Morgan fingerprint density at radius 1 is 1.22 bits per heavy atom. The lowest BCUT2D eigenvalue weighted by Gasteiger charge is -2.31. The SMILES string of the molecule is N#Cc1c(N)sc2c(F)ccc(-c3c(Cl)c4c5c(nc(OCC67CCCN6C[C@H](F)C7)nc5c3F)N3CC(O)COCC3CO4)c12. The fraction of sp³-hybridized carbons (Fsp3) is 0.452. The summed E-state index contributed by atoms with van der Waals surface area (Å²) in [6.45, 7) is 1.66. The molecule has 3 N–H and O–H groups in total. The van der Waals surface area contributed by atoms with Gasteiger partial charge in [0, 0.05) is 30.5 Å². The molecule has 10 nitrogen and oxygen atoms in total. The molecule has 46 heavy (non-hydrogen) atoms. The maximum Gasteiger partial charge on any atom is 0.319 e. The van der Waals surface area contributed by atoms with Gasteiger partial charge in [0.05, 0.1) is 51.6 Å². The number of nitrogens with two attached hydrogens (primary N) is 1. The highest BCUT2D eigenvalue weighted by molar-refractivity contribution is 7.23. The molecule has 3 unspecified atom stereocenters. The van der Waals surface area contributed by atoms with Crippen molar-refractivity contribution < 1.29 is 32.5 Å². The molecule has 3 saturated heterocycles. The number of thiophene rings is 1. The third-order valence-electron chi connectivity index (χ3n) is 9.53. The second kappa shape index (κ2) is 11.0. The van der Waals surface area contributed by atoms with Crippen molar-refractivity contribution in [2.75, 3.05) is 56.7 Å². The largest absolute Gasteiger partial charge is 0.489 e. The number of rotatable bonds is 4. The van der Waals surface area contributed by atoms with E-state index in [0.717, 1.165) is 30.7 Å². The van der Waals surface area contributed by atoms with E-state index in [1.165, 1.54) is 12.1 Å². The third kappa shape index (κ3) is 4.47. The minimum absolute atomic E-state index is 0.00636. The van der Waals surface area contributed by atoms with E-state index in [0.29, 0.717) is 13.0 Å². The molecular weight excluding hydrogens is 645 g/mol. The van der Waals surface area contributed by atoms with Gasteiger partial charge in [-0.05, 0) is 31.0 Å². The van der Waals surface area contributed by atoms with Crippen LogP contribution in [0.1, 0.15) is 24.8 Å². The summed E-state index contributed by atoms with van der Waals surface area (Å²) in [4.78, 5) is 13.1. The lowest BCUT2D eigenvalue weighted by molar-refractivity contribution is 0.0510. The van der Waals surface area contributed by atoms with E-state index in [2.05, 4.69) is 9.88 Å². The third-order valence-corrected chi connectivity index (χ3v) is 10.9. The predicted molar refractivity (Wildman–Crippen MR) is 166 cm³/mol. The van der Waals surface area contributed by atoms with Crippen LogP contribution >= 0.6 is 22.9 Å². The van der Waals surface area contributed by atoms with Gasteiger partial charge in [-0.3, -0.25) is 4.90 Å². The zero-order chi connectivity index (χ0) is 31.9. The van der Waals surface area contributed by atoms with Crippen molar-refractivity contribution in [2.24, 2.45) is 0 Å². The van der Waals surface area contributed by atoms with Crippen LogP contribution in [-0.2, 0) is 4.74 Å². The molecule has 15 heteroatoms. The average molecular weight is 673 g/mol. The molecule has 0 aliphatic carbocycles. The van der Waals surface area contributed by atoms with Gasteiger partial charge in [0.2, 0.25) is 0 Å². The van der Waals surface area contributed by atoms with E-state index in [9.17, 15) is 19.1 Å². The summed E-state index contributed by atoms with van der Waals surface area (Å²) in [7, 11) is 0. The topological polar surface area (TPSA) is 130 Å². The molecule has 240 valence electrons. The first-order valence-corrected chi connectivity index (χ1v) is 16.2. The highest BCUT2D eigenvalue weighted by atomic mass is 35.5. The Hall–Kier alpha value is -3.61. The van der Waals surface area contributed by atoms with Crippen molar-refractivity contribution in [3.8, 4) is 29.0 Å². The summed E-state index contributed by atoms with van der Waals surface area (Å²) >= 11 is 7.86. The number of nitrogen functional groups attached to an aromatic ring is 1. The standard InChI is InChI=1S/C31H28ClF3N6O4S/c32-23-21(17-2-3-19(34)27-20(17)18(7-36)28(37)46-27)24(35)25-22-26(23)44-11-15-10-43-12-16(42)9-41(15)29(22)39-30(38-25)45-13-31-4-1-5-40(31)8-14(33)6-31/h2-3,14-16,42H,1,4-6,8-13,37H2/t14-,15?,16?,31?/m1/s1. The molecule has 4 aromatic rings. The molecule has 2 aromatic carbocycles. The van der Waals surface area contributed by atoms with Gasteiger partial charge in [0.25, 0.3) is 0 Å². The summed E-state index contributed by atoms with van der Waals surface area (Å²) in [6, 6.07) is 3.97. The number of hydrogen-bond donors (Lipinski definition) is 2. The molecule has 4 aliphatic rings. The highest BCUT2D eigenvalue weighted by Crippen LogP contribution is 2.51. The Labute approximate surface area is 270 Å². The quantitative estimate of drug-likeness (QED) is 0.312. The van der Waals surface area contributed by atoms with Gasteiger partial charge in [-0.2, -0.15) is 15.2 Å². The lowest BCUT2D eigenvalue weighted by atomic mass is 9.95. The minimum Gasteiger partial charge on any atom is -0.489 e. The molecule has 4 aliphatic heterocycles. The zero-order valence-electron chi connectivity index (χ0n) is 24.4. The number of hydrogen-bond acceptors (Lipinski definition) is 11. The minimum atomic E-state index is -0.968. The van der Waals surface area contributed by atoms with Crippen molar-refractivity contribution in [1.29, 1.82) is 5.26 Å². The number of aliphatic hydroxyl groups is 1. The van der Waals surface area contributed by atoms with Gasteiger partial charge in [0.15, 0.2) is 11.6 Å². The van der Waals surface area contributed by atoms with Crippen LogP contribution in [0.3, 0.4) is 0 Å². The van der Waals surface area contributed by atoms with E-state index in [1.54, 1.807) is 4.90 Å². The molecule has 0 radical (unpaired) electrons. The maximum atomic E-state index is 17.1. The van der Waals surface area contributed by atoms with Crippen molar-refractivity contribution in [3.63, 3.8) is 0 Å². The fourth-order valence-corrected chi connectivity index (χ4v) is 8.75. The molecule has 8 rings (SSSR count). The highest BCUT2D eigenvalue weighted by Gasteiger charge is 2.49. The molecule has 0 saturated carbocycles. The van der Waals surface area contributed by atoms with Gasteiger partial charge in [-0.15, -0.1) is 11.3 Å². The summed E-state index contributed by atoms with van der Waals surface area (Å²) in [5.41, 5.74) is 5.39. The fourth-order valence-electron chi connectivity index (χ4n) is 7.47. The Kier molecular flexibility index (Phi) is 7.11. The van der Waals surface area contributed by atoms with Crippen LogP contribution in [0.4, 0.5) is 24.0 Å². The van der Waals surface area contributed by atoms with Crippen LogP contribution in [0, 0.1) is 23.0 Å². The van der Waals surface area contributed by atoms with Crippen molar-refractivity contribution in [3.05, 3.63) is 34.4 Å². The van der Waals surface area contributed by atoms with Gasteiger partial charge >= 0.3 is 6.01 Å². The Morgan fingerprint density at radius 2 is 2.07 bits per heavy atom. The number of aromatic nitrogens is 2. The van der Waals surface area contributed by atoms with E-state index in [4.69, 9.17) is 36.5 Å². The molecule has 0 amide bonds. The molecule has 4 atom stereocenters. The number of aliphatic hydroxyl groups excluding tert-OH is 1. The molecule has 3 fully saturated rings. The number of fused-ring (bicyclic) bond motifs is 4. The van der Waals surface area contributed by atoms with Gasteiger partial charge in [-0.1, -0.05) is 17.7 Å². The number of nitrogens with zero attached hydrogens (tertiary/aromatic N) is 5. The number of ether oxygens (including phenoxy) is 3. The smallest absolute Gasteiger partial charge is 0.319 e. The molecule has 2 aromatic heterocycles. The van der Waals surface area contributed by atoms with E-state index >= 15 is 4.39 Å². The van der Waals surface area contributed by atoms with E-state index in [1.807, 2.05) is 6.07 Å². The van der Waals surface area contributed by atoms with Crippen molar-refractivity contribution in [2.45, 2.75) is 43.1 Å². The monoisotopic (exact) mass is 672 g/mol. The Bertz CT molecular complexity index is 1960. The maximum absolute atomic E-state index is 17.1. The first kappa shape index (κ1) is 29.8. The predicted octanol–water partition coefficient (Wildman–Crippen LogP) is 4.81. The zero-order valence-corrected chi connectivity index (χ0v) is 25.9. The summed E-state index contributed by atoms with van der Waals surface area (Å²) in [5, 5.41) is 20.8. The molecule has 6 heterocycles. The molecule has 0 bridgehead atoms. The molecule has 0 spiro atoms. The summed E-state index contributed by atoms with van der Waals surface area (Å²) in [5.74, 6) is -1.14. The van der Waals surface area contributed by atoms with E-state index in [-0.39, 0.29) is 98.3 Å². The van der Waals surface area contributed by atoms with Crippen LogP contribution in [0.2, 0.25) is 5.02 Å². The average Bonchev–Trinajstić information content (AvgIpc) is 3.59. The summed E-state index contributed by atoms with van der Waals surface area (Å²) in [6.07, 6.45) is 0.150. The summed E-state index contributed by atoms with van der Waals surface area (Å²) < 4.78 is 64.7. The van der Waals surface area contributed by atoms with Crippen molar-refractivity contribution in [1.82, 2.24) is 14.9 Å². The number of nitriles is 1.